The number of benzene rings is 5. The summed E-state index contributed by atoms with van der Waals surface area (Å²) in [6.07, 6.45) is 0. The third-order valence-corrected chi connectivity index (χ3v) is 7.25. The first-order valence-corrected chi connectivity index (χ1v) is 11.6. The Balaban J connectivity index is 1.83. The molecule has 1 aliphatic rings. The molecular formula is C33H26. The fraction of sp³-hybridized carbons (Fsp3) is 0.0909. The highest BCUT2D eigenvalue weighted by molar-refractivity contribution is 5.95. The molecule has 158 valence electrons. The molecule has 0 heterocycles. The van der Waals surface area contributed by atoms with Gasteiger partial charge in [-0.25, -0.2) is 0 Å². The van der Waals surface area contributed by atoms with E-state index in [4.69, 9.17) is 0 Å². The lowest BCUT2D eigenvalue weighted by Crippen LogP contribution is -2.30. The average Bonchev–Trinajstić information content (AvgIpc) is 3.16. The summed E-state index contributed by atoms with van der Waals surface area (Å²) in [6.45, 7) is 4.49. The van der Waals surface area contributed by atoms with Gasteiger partial charge in [0, 0.05) is 0 Å². The van der Waals surface area contributed by atoms with Crippen LogP contribution in [0, 0.1) is 13.8 Å². The van der Waals surface area contributed by atoms with Crippen LogP contribution in [0.25, 0.3) is 22.3 Å². The second-order valence-corrected chi connectivity index (χ2v) is 9.02. The van der Waals surface area contributed by atoms with Gasteiger partial charge < -0.3 is 0 Å². The molecule has 0 amide bonds. The maximum absolute atomic E-state index is 2.35. The van der Waals surface area contributed by atoms with E-state index in [1.54, 1.807) is 0 Å². The minimum Gasteiger partial charge on any atom is -0.0622 e. The van der Waals surface area contributed by atoms with Gasteiger partial charge in [-0.05, 0) is 69.5 Å². The quantitative estimate of drug-likeness (QED) is 0.269. The van der Waals surface area contributed by atoms with Gasteiger partial charge in [0.05, 0.1) is 5.41 Å². The molecule has 0 atom stereocenters. The zero-order valence-corrected chi connectivity index (χ0v) is 19.0. The maximum atomic E-state index is 2.35. The molecule has 0 fully saturated rings. The molecule has 5 aromatic rings. The summed E-state index contributed by atoms with van der Waals surface area (Å²) in [5, 5.41) is 0. The lowest BCUT2D eigenvalue weighted by molar-refractivity contribution is 0.754. The highest BCUT2D eigenvalue weighted by Gasteiger charge is 2.47. The SMILES string of the molecule is Cc1ccccc1C1(c2ccccc2C)c2ccccc2-c2c(-c3ccccc3)cccc21. The highest BCUT2D eigenvalue weighted by Crippen LogP contribution is 2.59. The number of rotatable bonds is 3. The molecule has 1 aliphatic carbocycles. The largest absolute Gasteiger partial charge is 0.0718 e. The Bertz CT molecular complexity index is 1430. The van der Waals surface area contributed by atoms with Crippen LogP contribution in [0.3, 0.4) is 0 Å². The molecule has 0 radical (unpaired) electrons. The zero-order chi connectivity index (χ0) is 22.4. The maximum Gasteiger partial charge on any atom is 0.0718 e. The van der Waals surface area contributed by atoms with Crippen molar-refractivity contribution in [3.05, 3.63) is 155 Å². The molecule has 0 spiro atoms. The van der Waals surface area contributed by atoms with Crippen LogP contribution in [-0.2, 0) is 5.41 Å². The van der Waals surface area contributed by atoms with Crippen molar-refractivity contribution in [1.82, 2.24) is 0 Å². The smallest absolute Gasteiger partial charge is 0.0622 e. The fourth-order valence-electron chi connectivity index (χ4n) is 5.90. The first-order valence-electron chi connectivity index (χ1n) is 11.6. The minimum atomic E-state index is -0.354. The Kier molecular flexibility index (Phi) is 4.55. The van der Waals surface area contributed by atoms with Gasteiger partial charge in [0.2, 0.25) is 0 Å². The van der Waals surface area contributed by atoms with E-state index in [-0.39, 0.29) is 5.41 Å². The van der Waals surface area contributed by atoms with Crippen LogP contribution in [0.15, 0.2) is 121 Å². The van der Waals surface area contributed by atoms with Gasteiger partial charge in [-0.1, -0.05) is 121 Å². The van der Waals surface area contributed by atoms with Gasteiger partial charge in [-0.2, -0.15) is 0 Å². The highest BCUT2D eigenvalue weighted by atomic mass is 14.5. The van der Waals surface area contributed by atoms with E-state index in [1.165, 1.54) is 55.6 Å². The summed E-state index contributed by atoms with van der Waals surface area (Å²) < 4.78 is 0. The summed E-state index contributed by atoms with van der Waals surface area (Å²) in [5.74, 6) is 0. The van der Waals surface area contributed by atoms with E-state index >= 15 is 0 Å². The lowest BCUT2D eigenvalue weighted by Gasteiger charge is -2.36. The van der Waals surface area contributed by atoms with Crippen LogP contribution in [0.5, 0.6) is 0 Å². The van der Waals surface area contributed by atoms with Crippen molar-refractivity contribution in [1.29, 1.82) is 0 Å². The fourth-order valence-corrected chi connectivity index (χ4v) is 5.90. The predicted octanol–water partition coefficient (Wildman–Crippen LogP) is 8.33. The van der Waals surface area contributed by atoms with Crippen molar-refractivity contribution in [2.24, 2.45) is 0 Å². The molecule has 5 aromatic carbocycles. The third kappa shape index (κ3) is 2.77. The van der Waals surface area contributed by atoms with Gasteiger partial charge in [0.25, 0.3) is 0 Å². The Morgan fingerprint density at radius 1 is 0.394 bits per heavy atom. The third-order valence-electron chi connectivity index (χ3n) is 7.25. The molecule has 0 aromatic heterocycles. The molecule has 0 N–H and O–H groups in total. The Labute approximate surface area is 196 Å². The van der Waals surface area contributed by atoms with E-state index in [9.17, 15) is 0 Å². The van der Waals surface area contributed by atoms with Crippen molar-refractivity contribution < 1.29 is 0 Å². The molecule has 0 nitrogen and oxygen atoms in total. The number of hydrogen-bond acceptors (Lipinski definition) is 0. The van der Waals surface area contributed by atoms with Crippen molar-refractivity contribution in [3.8, 4) is 22.3 Å². The normalized spacial score (nSPS) is 13.4. The van der Waals surface area contributed by atoms with E-state index < -0.39 is 0 Å². The van der Waals surface area contributed by atoms with Crippen LogP contribution < -0.4 is 0 Å². The van der Waals surface area contributed by atoms with Crippen LogP contribution in [0.2, 0.25) is 0 Å². The first-order chi connectivity index (χ1) is 16.2. The second kappa shape index (κ2) is 7.60. The molecule has 0 heteroatoms. The number of aryl methyl sites for hydroxylation is 2. The molecule has 6 rings (SSSR count). The molecular weight excluding hydrogens is 396 g/mol. The van der Waals surface area contributed by atoms with Crippen LogP contribution >= 0.6 is 0 Å². The summed E-state index contributed by atoms with van der Waals surface area (Å²) in [7, 11) is 0. The van der Waals surface area contributed by atoms with Crippen LogP contribution in [0.1, 0.15) is 33.4 Å². The summed E-state index contributed by atoms with van der Waals surface area (Å²) in [6, 6.07) is 44.5. The first kappa shape index (κ1) is 19.8. The van der Waals surface area contributed by atoms with Gasteiger partial charge in [0.15, 0.2) is 0 Å². The van der Waals surface area contributed by atoms with Crippen molar-refractivity contribution in [2.75, 3.05) is 0 Å². The molecule has 0 bridgehead atoms. The monoisotopic (exact) mass is 422 g/mol. The molecule has 0 aliphatic heterocycles. The van der Waals surface area contributed by atoms with E-state index in [2.05, 4.69) is 135 Å². The molecule has 0 unspecified atom stereocenters. The van der Waals surface area contributed by atoms with Crippen LogP contribution in [-0.4, -0.2) is 0 Å². The molecule has 0 saturated heterocycles. The minimum absolute atomic E-state index is 0.354. The van der Waals surface area contributed by atoms with Crippen molar-refractivity contribution >= 4 is 0 Å². The average molecular weight is 423 g/mol. The number of hydrogen-bond donors (Lipinski definition) is 0. The predicted molar refractivity (Wildman–Crippen MR) is 139 cm³/mol. The van der Waals surface area contributed by atoms with Gasteiger partial charge in [-0.3, -0.25) is 0 Å². The molecule has 0 saturated carbocycles. The summed E-state index contributed by atoms with van der Waals surface area (Å²) >= 11 is 0. The van der Waals surface area contributed by atoms with Gasteiger partial charge in [-0.15, -0.1) is 0 Å². The van der Waals surface area contributed by atoms with Crippen molar-refractivity contribution in [3.63, 3.8) is 0 Å². The Morgan fingerprint density at radius 3 is 1.52 bits per heavy atom. The van der Waals surface area contributed by atoms with E-state index in [0.717, 1.165) is 0 Å². The van der Waals surface area contributed by atoms with Gasteiger partial charge >= 0.3 is 0 Å². The van der Waals surface area contributed by atoms with E-state index in [0.29, 0.717) is 0 Å². The molecule has 33 heavy (non-hydrogen) atoms. The lowest BCUT2D eigenvalue weighted by atomic mass is 9.65. The van der Waals surface area contributed by atoms with Gasteiger partial charge in [0.1, 0.15) is 0 Å². The summed E-state index contributed by atoms with van der Waals surface area (Å²) in [4.78, 5) is 0. The standard InChI is InChI=1S/C33H26/c1-23-13-6-9-19-28(23)33(29-20-10-7-14-24(29)2)30-21-11-8-17-27(30)32-26(18-12-22-31(32)33)25-15-4-3-5-16-25/h3-22H,1-2H3. The zero-order valence-electron chi connectivity index (χ0n) is 19.0. The van der Waals surface area contributed by atoms with Crippen molar-refractivity contribution in [2.45, 2.75) is 19.3 Å². The second-order valence-electron chi connectivity index (χ2n) is 9.02. The Morgan fingerprint density at radius 2 is 0.879 bits per heavy atom. The Hall–Kier alpha value is -3.90. The topological polar surface area (TPSA) is 0 Å². The van der Waals surface area contributed by atoms with Crippen LogP contribution in [0.4, 0.5) is 0 Å². The summed E-state index contributed by atoms with van der Waals surface area (Å²) in [5.41, 5.74) is 13.0. The number of fused-ring (bicyclic) bond motifs is 3. The van der Waals surface area contributed by atoms with E-state index in [1.807, 2.05) is 0 Å².